The van der Waals surface area contributed by atoms with Gasteiger partial charge in [0.2, 0.25) is 5.91 Å². The van der Waals surface area contributed by atoms with Gasteiger partial charge in [-0.1, -0.05) is 54.1 Å². The molecule has 6 heteroatoms. The number of piperidine rings is 1. The van der Waals surface area contributed by atoms with Crippen LogP contribution in [-0.2, 0) is 9.53 Å². The summed E-state index contributed by atoms with van der Waals surface area (Å²) in [5.41, 5.74) is 1.41. The molecule has 1 aliphatic heterocycles. The second kappa shape index (κ2) is 9.52. The van der Waals surface area contributed by atoms with Crippen LogP contribution in [0.5, 0.6) is 0 Å². The number of amides is 2. The van der Waals surface area contributed by atoms with Crippen LogP contribution in [0.4, 0.5) is 4.79 Å². The van der Waals surface area contributed by atoms with Crippen molar-refractivity contribution < 1.29 is 14.3 Å². The molecular weight excluding hydrogens is 400 g/mol. The first kappa shape index (κ1) is 22.2. The number of hydrogen-bond acceptors (Lipinski definition) is 3. The molecule has 2 aromatic rings. The van der Waals surface area contributed by atoms with Crippen molar-refractivity contribution in [2.45, 2.75) is 45.3 Å². The predicted molar refractivity (Wildman–Crippen MR) is 118 cm³/mol. The summed E-state index contributed by atoms with van der Waals surface area (Å²) in [4.78, 5) is 27.0. The molecule has 1 heterocycles. The first-order valence-corrected chi connectivity index (χ1v) is 10.7. The Morgan fingerprint density at radius 2 is 1.67 bits per heavy atom. The van der Waals surface area contributed by atoms with Crippen molar-refractivity contribution in [3.63, 3.8) is 0 Å². The van der Waals surface area contributed by atoms with E-state index in [2.05, 4.69) is 5.32 Å². The van der Waals surface area contributed by atoms with E-state index in [0.29, 0.717) is 31.0 Å². The Labute approximate surface area is 183 Å². The van der Waals surface area contributed by atoms with Crippen molar-refractivity contribution in [3.8, 4) is 0 Å². The summed E-state index contributed by atoms with van der Waals surface area (Å²) in [6.07, 6.45) is 0.909. The summed E-state index contributed by atoms with van der Waals surface area (Å²) in [5.74, 6) is -0.151. The number of benzene rings is 2. The molecule has 0 aliphatic carbocycles. The van der Waals surface area contributed by atoms with Crippen LogP contribution in [0.25, 0.3) is 0 Å². The molecule has 0 radical (unpaired) electrons. The van der Waals surface area contributed by atoms with Crippen molar-refractivity contribution in [2.24, 2.45) is 5.92 Å². The van der Waals surface area contributed by atoms with Crippen LogP contribution >= 0.6 is 11.6 Å². The zero-order chi connectivity index (χ0) is 21.7. The highest BCUT2D eigenvalue weighted by molar-refractivity contribution is 6.30. The number of rotatable bonds is 4. The molecule has 1 aliphatic rings. The Morgan fingerprint density at radius 1 is 1.03 bits per heavy atom. The molecule has 3 rings (SSSR count). The van der Waals surface area contributed by atoms with Crippen molar-refractivity contribution in [1.82, 2.24) is 10.2 Å². The topological polar surface area (TPSA) is 58.6 Å². The number of hydrogen-bond donors (Lipinski definition) is 1. The fourth-order valence-electron chi connectivity index (χ4n) is 3.60. The van der Waals surface area contributed by atoms with Gasteiger partial charge in [-0.2, -0.15) is 0 Å². The zero-order valence-corrected chi connectivity index (χ0v) is 18.5. The van der Waals surface area contributed by atoms with Crippen molar-refractivity contribution >= 4 is 23.6 Å². The van der Waals surface area contributed by atoms with Crippen molar-refractivity contribution in [3.05, 3.63) is 70.7 Å². The lowest BCUT2D eigenvalue weighted by Gasteiger charge is -2.33. The third-order valence-electron chi connectivity index (χ3n) is 5.12. The third kappa shape index (κ3) is 5.99. The highest BCUT2D eigenvalue weighted by Gasteiger charge is 2.31. The Bertz CT molecular complexity index is 872. The number of ether oxygens (including phenoxy) is 1. The van der Waals surface area contributed by atoms with Gasteiger partial charge in [0.05, 0.1) is 6.04 Å². The van der Waals surface area contributed by atoms with Gasteiger partial charge >= 0.3 is 6.09 Å². The number of likely N-dealkylation sites (tertiary alicyclic amines) is 1. The summed E-state index contributed by atoms with van der Waals surface area (Å²) in [7, 11) is 0. The highest BCUT2D eigenvalue weighted by atomic mass is 35.5. The van der Waals surface area contributed by atoms with Gasteiger partial charge < -0.3 is 15.0 Å². The van der Waals surface area contributed by atoms with Crippen LogP contribution in [0.2, 0.25) is 5.02 Å². The van der Waals surface area contributed by atoms with E-state index in [0.717, 1.165) is 11.1 Å². The quantitative estimate of drug-likeness (QED) is 0.728. The second-order valence-corrected chi connectivity index (χ2v) is 9.09. The molecule has 1 saturated heterocycles. The van der Waals surface area contributed by atoms with E-state index >= 15 is 0 Å². The smallest absolute Gasteiger partial charge is 0.410 e. The molecule has 2 aromatic carbocycles. The summed E-state index contributed by atoms with van der Waals surface area (Å²) in [6, 6.07) is 17.1. The van der Waals surface area contributed by atoms with Crippen molar-refractivity contribution in [2.75, 3.05) is 13.1 Å². The molecule has 5 nitrogen and oxygen atoms in total. The molecule has 160 valence electrons. The van der Waals surface area contributed by atoms with Crippen LogP contribution in [0.1, 0.15) is 50.8 Å². The van der Waals surface area contributed by atoms with E-state index in [-0.39, 0.29) is 24.0 Å². The zero-order valence-electron chi connectivity index (χ0n) is 17.7. The fraction of sp³-hybridized carbons (Fsp3) is 0.417. The first-order chi connectivity index (χ1) is 14.2. The number of halogens is 1. The first-order valence-electron chi connectivity index (χ1n) is 10.3. The van der Waals surface area contributed by atoms with Gasteiger partial charge in [0.25, 0.3) is 0 Å². The van der Waals surface area contributed by atoms with Crippen LogP contribution < -0.4 is 5.32 Å². The van der Waals surface area contributed by atoms with E-state index in [4.69, 9.17) is 16.3 Å². The summed E-state index contributed by atoms with van der Waals surface area (Å²) in [5, 5.41) is 3.83. The molecule has 1 atom stereocenters. The molecule has 0 bridgehead atoms. The van der Waals surface area contributed by atoms with Gasteiger partial charge in [0, 0.05) is 24.0 Å². The lowest BCUT2D eigenvalue weighted by atomic mass is 9.93. The fourth-order valence-corrected chi connectivity index (χ4v) is 3.80. The van der Waals surface area contributed by atoms with Gasteiger partial charge in [-0.3, -0.25) is 4.79 Å². The standard InChI is InChI=1S/C24H29ClN2O3/c1-24(2,3)30-23(29)27-14-12-18(13-15-27)22(28)26-21(17-8-5-4-6-9-17)19-10-7-11-20(25)16-19/h4-11,16,18,21H,12-15H2,1-3H3,(H,26,28). The van der Waals surface area contributed by atoms with E-state index < -0.39 is 5.60 Å². The number of carbonyl (C=O) groups excluding carboxylic acids is 2. The van der Waals surface area contributed by atoms with E-state index in [1.165, 1.54) is 0 Å². The lowest BCUT2D eigenvalue weighted by molar-refractivity contribution is -0.127. The molecule has 1 N–H and O–H groups in total. The van der Waals surface area contributed by atoms with E-state index in [1.807, 2.05) is 75.4 Å². The molecule has 2 amide bonds. The van der Waals surface area contributed by atoms with E-state index in [9.17, 15) is 9.59 Å². The largest absolute Gasteiger partial charge is 0.444 e. The number of nitrogens with zero attached hydrogens (tertiary/aromatic N) is 1. The Kier molecular flexibility index (Phi) is 7.03. The average Bonchev–Trinajstić information content (AvgIpc) is 2.71. The SMILES string of the molecule is CC(C)(C)OC(=O)N1CCC(C(=O)NC(c2ccccc2)c2cccc(Cl)c2)CC1. The monoisotopic (exact) mass is 428 g/mol. The van der Waals surface area contributed by atoms with Crippen LogP contribution in [-0.4, -0.2) is 35.6 Å². The molecular formula is C24H29ClN2O3. The van der Waals surface area contributed by atoms with Crippen LogP contribution in [0.3, 0.4) is 0 Å². The molecule has 0 spiro atoms. The Hall–Kier alpha value is -2.53. The lowest BCUT2D eigenvalue weighted by Crippen LogP contribution is -2.45. The van der Waals surface area contributed by atoms with Gasteiger partial charge in [-0.25, -0.2) is 4.79 Å². The molecule has 1 fully saturated rings. The normalized spacial score (nSPS) is 16.1. The predicted octanol–water partition coefficient (Wildman–Crippen LogP) is 5.19. The van der Waals surface area contributed by atoms with Gasteiger partial charge in [-0.05, 0) is 56.9 Å². The molecule has 30 heavy (non-hydrogen) atoms. The van der Waals surface area contributed by atoms with Gasteiger partial charge in [0.15, 0.2) is 0 Å². The number of nitrogens with one attached hydrogen (secondary N) is 1. The Morgan fingerprint density at radius 3 is 2.27 bits per heavy atom. The van der Waals surface area contributed by atoms with Crippen LogP contribution in [0.15, 0.2) is 54.6 Å². The maximum atomic E-state index is 13.1. The van der Waals surface area contributed by atoms with Crippen LogP contribution in [0, 0.1) is 5.92 Å². The summed E-state index contributed by atoms with van der Waals surface area (Å²) >= 11 is 6.19. The second-order valence-electron chi connectivity index (χ2n) is 8.65. The third-order valence-corrected chi connectivity index (χ3v) is 5.35. The van der Waals surface area contributed by atoms with Gasteiger partial charge in [-0.15, -0.1) is 0 Å². The van der Waals surface area contributed by atoms with Gasteiger partial charge in [0.1, 0.15) is 5.60 Å². The Balaban J connectivity index is 1.66. The average molecular weight is 429 g/mol. The molecule has 0 aromatic heterocycles. The van der Waals surface area contributed by atoms with E-state index in [1.54, 1.807) is 4.90 Å². The maximum absolute atomic E-state index is 13.1. The minimum atomic E-state index is -0.523. The molecule has 0 saturated carbocycles. The minimum absolute atomic E-state index is 0.00679. The molecule has 1 unspecified atom stereocenters. The number of carbonyl (C=O) groups is 2. The minimum Gasteiger partial charge on any atom is -0.444 e. The summed E-state index contributed by atoms with van der Waals surface area (Å²) < 4.78 is 5.44. The van der Waals surface area contributed by atoms with Crippen molar-refractivity contribution in [1.29, 1.82) is 0 Å². The maximum Gasteiger partial charge on any atom is 0.410 e. The highest BCUT2D eigenvalue weighted by Crippen LogP contribution is 2.26. The summed E-state index contributed by atoms with van der Waals surface area (Å²) in [6.45, 7) is 6.58.